The minimum absolute atomic E-state index is 0.0202. The molecule has 7 nitrogen and oxygen atoms in total. The van der Waals surface area contributed by atoms with Crippen molar-refractivity contribution >= 4 is 22.9 Å². The topological polar surface area (TPSA) is 80.1 Å². The Hall–Kier alpha value is -2.44. The smallest absolute Gasteiger partial charge is 0.295 e. The average Bonchev–Trinajstić information content (AvgIpc) is 2.61. The van der Waals surface area contributed by atoms with Crippen LogP contribution in [-0.4, -0.2) is 40.6 Å². The Balaban J connectivity index is 1.94. The fourth-order valence-electron chi connectivity index (χ4n) is 3.12. The number of anilines is 1. The molecule has 1 fully saturated rings. The van der Waals surface area contributed by atoms with Gasteiger partial charge in [0.2, 0.25) is 5.91 Å². The summed E-state index contributed by atoms with van der Waals surface area (Å²) >= 11 is 0. The van der Waals surface area contributed by atoms with E-state index in [1.54, 1.807) is 17.8 Å². The summed E-state index contributed by atoms with van der Waals surface area (Å²) in [4.78, 5) is 35.2. The molecule has 0 radical (unpaired) electrons. The van der Waals surface area contributed by atoms with Crippen LogP contribution in [0.3, 0.4) is 0 Å². The Labute approximate surface area is 134 Å². The van der Waals surface area contributed by atoms with E-state index in [9.17, 15) is 9.59 Å². The van der Waals surface area contributed by atoms with E-state index in [-0.39, 0.29) is 17.4 Å². The van der Waals surface area contributed by atoms with Crippen molar-refractivity contribution in [1.82, 2.24) is 19.9 Å². The van der Waals surface area contributed by atoms with Gasteiger partial charge in [-0.15, -0.1) is 0 Å². The second-order valence-corrected chi connectivity index (χ2v) is 5.71. The van der Waals surface area contributed by atoms with Crippen molar-refractivity contribution in [2.24, 2.45) is 5.92 Å². The molecule has 0 atom stereocenters. The molecule has 23 heavy (non-hydrogen) atoms. The summed E-state index contributed by atoms with van der Waals surface area (Å²) < 4.78 is 1.66. The molecule has 7 heteroatoms. The van der Waals surface area contributed by atoms with Crippen LogP contribution in [0.1, 0.15) is 19.8 Å². The molecule has 3 heterocycles. The van der Waals surface area contributed by atoms with Crippen molar-refractivity contribution in [3.63, 3.8) is 0 Å². The molecule has 2 aromatic heterocycles. The molecule has 0 aliphatic carbocycles. The lowest BCUT2D eigenvalue weighted by Crippen LogP contribution is -2.42. The zero-order chi connectivity index (χ0) is 16.4. The lowest BCUT2D eigenvalue weighted by Gasteiger charge is -2.31. The zero-order valence-electron chi connectivity index (χ0n) is 13.5. The van der Waals surface area contributed by atoms with Gasteiger partial charge in [0, 0.05) is 38.8 Å². The molecule has 2 aromatic rings. The molecule has 1 saturated heterocycles. The highest BCUT2D eigenvalue weighted by molar-refractivity contribution is 5.78. The number of carbonyl (C=O) groups is 1. The van der Waals surface area contributed by atoms with Gasteiger partial charge < -0.3 is 10.2 Å². The first-order valence-corrected chi connectivity index (χ1v) is 7.97. The number of rotatable bonds is 3. The maximum absolute atomic E-state index is 12.7. The quantitative estimate of drug-likeness (QED) is 0.905. The number of hydrogen-bond donors (Lipinski definition) is 1. The molecule has 122 valence electrons. The number of piperidine rings is 1. The second kappa shape index (κ2) is 6.36. The van der Waals surface area contributed by atoms with Crippen molar-refractivity contribution in [3.8, 4) is 0 Å². The van der Waals surface area contributed by atoms with E-state index in [2.05, 4.69) is 15.3 Å². The van der Waals surface area contributed by atoms with E-state index in [4.69, 9.17) is 0 Å². The third kappa shape index (κ3) is 2.78. The highest BCUT2D eigenvalue weighted by atomic mass is 16.2. The summed E-state index contributed by atoms with van der Waals surface area (Å²) in [6.07, 6.45) is 3.14. The highest BCUT2D eigenvalue weighted by Crippen LogP contribution is 2.21. The van der Waals surface area contributed by atoms with Crippen molar-refractivity contribution in [1.29, 1.82) is 0 Å². The Kier molecular flexibility index (Phi) is 4.27. The molecule has 0 saturated carbocycles. The van der Waals surface area contributed by atoms with Crippen LogP contribution in [0.5, 0.6) is 0 Å². The molecule has 0 aromatic carbocycles. The van der Waals surface area contributed by atoms with Crippen molar-refractivity contribution in [2.45, 2.75) is 26.3 Å². The van der Waals surface area contributed by atoms with Gasteiger partial charge in [-0.2, -0.15) is 0 Å². The van der Waals surface area contributed by atoms with E-state index in [0.29, 0.717) is 31.1 Å². The van der Waals surface area contributed by atoms with Gasteiger partial charge in [0.15, 0.2) is 11.5 Å². The fourth-order valence-corrected chi connectivity index (χ4v) is 3.12. The van der Waals surface area contributed by atoms with Crippen LogP contribution >= 0.6 is 0 Å². The van der Waals surface area contributed by atoms with Crippen LogP contribution in [0.15, 0.2) is 23.1 Å². The van der Waals surface area contributed by atoms with Crippen LogP contribution in [0.25, 0.3) is 11.2 Å². The third-order valence-electron chi connectivity index (χ3n) is 4.41. The number of nitrogens with zero attached hydrogens (tertiary/aromatic N) is 4. The first kappa shape index (κ1) is 15.5. The Morgan fingerprint density at radius 1 is 1.39 bits per heavy atom. The molecule has 0 bridgehead atoms. The molecule has 1 aliphatic heterocycles. The lowest BCUT2D eigenvalue weighted by molar-refractivity contribution is -0.125. The minimum atomic E-state index is -0.114. The fraction of sp³-hybridized carbons (Fsp3) is 0.500. The zero-order valence-corrected chi connectivity index (χ0v) is 13.5. The minimum Gasteiger partial charge on any atom is -0.359 e. The number of amides is 1. The molecular weight excluding hydrogens is 294 g/mol. The number of pyridine rings is 1. The Morgan fingerprint density at radius 3 is 2.78 bits per heavy atom. The summed E-state index contributed by atoms with van der Waals surface area (Å²) in [5.74, 6) is 0.556. The van der Waals surface area contributed by atoms with Gasteiger partial charge in [-0.3, -0.25) is 14.2 Å². The number of aromatic nitrogens is 3. The van der Waals surface area contributed by atoms with Crippen LogP contribution in [0.4, 0.5) is 5.82 Å². The normalized spacial score (nSPS) is 15.8. The summed E-state index contributed by atoms with van der Waals surface area (Å²) in [5.41, 5.74) is 1.22. The van der Waals surface area contributed by atoms with E-state index in [0.717, 1.165) is 18.4 Å². The summed E-state index contributed by atoms with van der Waals surface area (Å²) in [6.45, 7) is 3.80. The first-order chi connectivity index (χ1) is 11.2. The van der Waals surface area contributed by atoms with Crippen LogP contribution in [0.2, 0.25) is 0 Å². The highest BCUT2D eigenvalue weighted by Gasteiger charge is 2.26. The summed E-state index contributed by atoms with van der Waals surface area (Å²) in [7, 11) is 1.66. The predicted molar refractivity (Wildman–Crippen MR) is 88.5 cm³/mol. The van der Waals surface area contributed by atoms with Gasteiger partial charge in [-0.1, -0.05) is 0 Å². The van der Waals surface area contributed by atoms with Crippen molar-refractivity contribution in [3.05, 3.63) is 28.7 Å². The SMILES string of the molecule is CCn1c(=O)c(N2CCC(C(=O)NC)CC2)nc2cccnc21. The molecule has 1 aliphatic rings. The van der Waals surface area contributed by atoms with E-state index >= 15 is 0 Å². The summed E-state index contributed by atoms with van der Waals surface area (Å²) in [6, 6.07) is 3.69. The monoisotopic (exact) mass is 315 g/mol. The van der Waals surface area contributed by atoms with Crippen LogP contribution in [0, 0.1) is 5.92 Å². The van der Waals surface area contributed by atoms with Gasteiger partial charge in [0.25, 0.3) is 5.56 Å². The second-order valence-electron chi connectivity index (χ2n) is 5.71. The Bertz CT molecular complexity index is 778. The van der Waals surface area contributed by atoms with Gasteiger partial charge in [-0.25, -0.2) is 9.97 Å². The average molecular weight is 315 g/mol. The molecule has 1 N–H and O–H groups in total. The summed E-state index contributed by atoms with van der Waals surface area (Å²) in [5, 5.41) is 2.70. The third-order valence-corrected chi connectivity index (χ3v) is 4.41. The molecule has 3 rings (SSSR count). The molecule has 0 unspecified atom stereocenters. The van der Waals surface area contributed by atoms with E-state index in [1.807, 2.05) is 24.0 Å². The number of aryl methyl sites for hydroxylation is 1. The first-order valence-electron chi connectivity index (χ1n) is 7.97. The molecule has 1 amide bonds. The number of fused-ring (bicyclic) bond motifs is 1. The molecule has 0 spiro atoms. The standard InChI is InChI=1S/C16H21N5O2/c1-3-21-13-12(5-4-8-18-13)19-14(16(21)23)20-9-6-11(7-10-20)15(22)17-2/h4-5,8,11H,3,6-7,9-10H2,1-2H3,(H,17,22). The Morgan fingerprint density at radius 2 is 2.13 bits per heavy atom. The number of hydrogen-bond acceptors (Lipinski definition) is 5. The largest absolute Gasteiger partial charge is 0.359 e. The van der Waals surface area contributed by atoms with Gasteiger partial charge in [0.1, 0.15) is 5.52 Å². The van der Waals surface area contributed by atoms with Gasteiger partial charge in [-0.05, 0) is 31.9 Å². The lowest BCUT2D eigenvalue weighted by atomic mass is 9.96. The van der Waals surface area contributed by atoms with Gasteiger partial charge >= 0.3 is 0 Å². The van der Waals surface area contributed by atoms with Crippen molar-refractivity contribution < 1.29 is 4.79 Å². The van der Waals surface area contributed by atoms with E-state index < -0.39 is 0 Å². The van der Waals surface area contributed by atoms with Crippen LogP contribution < -0.4 is 15.8 Å². The predicted octanol–water partition coefficient (Wildman–Crippen LogP) is 0.774. The van der Waals surface area contributed by atoms with E-state index in [1.165, 1.54) is 0 Å². The number of carbonyl (C=O) groups excluding carboxylic acids is 1. The van der Waals surface area contributed by atoms with Crippen LogP contribution in [-0.2, 0) is 11.3 Å². The maximum atomic E-state index is 12.7. The molecular formula is C16H21N5O2. The maximum Gasteiger partial charge on any atom is 0.295 e. The van der Waals surface area contributed by atoms with Crippen molar-refractivity contribution in [2.75, 3.05) is 25.0 Å². The number of nitrogens with one attached hydrogen (secondary N) is 1. The van der Waals surface area contributed by atoms with Gasteiger partial charge in [0.05, 0.1) is 0 Å².